The Morgan fingerprint density at radius 3 is 2.46 bits per heavy atom. The number of morpholine rings is 1. The molecule has 1 aliphatic rings. The zero-order valence-electron chi connectivity index (χ0n) is 14.7. The molecule has 134 valence electrons. The molecule has 4 rings (SSSR count). The maximum absolute atomic E-state index is 14.7. The number of rotatable bonds is 2. The molecule has 0 aliphatic carbocycles. The van der Waals surface area contributed by atoms with Crippen LogP contribution in [0.2, 0.25) is 5.02 Å². The van der Waals surface area contributed by atoms with Crippen LogP contribution in [-0.2, 0) is 4.74 Å². The van der Waals surface area contributed by atoms with E-state index in [-0.39, 0.29) is 5.82 Å². The van der Waals surface area contributed by atoms with E-state index in [1.165, 1.54) is 6.07 Å². The highest BCUT2D eigenvalue weighted by atomic mass is 35.5. The molecular weight excluding hydrogens is 353 g/mol. The van der Waals surface area contributed by atoms with E-state index in [0.717, 1.165) is 41.2 Å². The molecule has 1 fully saturated rings. The number of halogens is 2. The van der Waals surface area contributed by atoms with Gasteiger partial charge < -0.3 is 9.64 Å². The van der Waals surface area contributed by atoms with E-state index in [1.54, 1.807) is 12.1 Å². The number of hydrogen-bond acceptors (Lipinski definition) is 4. The van der Waals surface area contributed by atoms with E-state index < -0.39 is 0 Å². The molecule has 0 amide bonds. The number of fused-ring (bicyclic) bond motifs is 1. The van der Waals surface area contributed by atoms with Gasteiger partial charge in [0.1, 0.15) is 5.82 Å². The number of nitrogens with zero attached hydrogens (tertiary/aromatic N) is 3. The number of ether oxygens (including phenoxy) is 1. The van der Waals surface area contributed by atoms with Crippen molar-refractivity contribution in [3.05, 3.63) is 52.6 Å². The second kappa shape index (κ2) is 6.82. The van der Waals surface area contributed by atoms with Crippen LogP contribution in [-0.4, -0.2) is 36.3 Å². The van der Waals surface area contributed by atoms with Gasteiger partial charge in [-0.2, -0.15) is 0 Å². The Labute approximate surface area is 156 Å². The summed E-state index contributed by atoms with van der Waals surface area (Å²) in [5.41, 5.74) is 5.39. The molecule has 0 bridgehead atoms. The maximum atomic E-state index is 14.7. The van der Waals surface area contributed by atoms with Gasteiger partial charge in [-0.15, -0.1) is 0 Å². The molecule has 26 heavy (non-hydrogen) atoms. The largest absolute Gasteiger partial charge is 0.378 e. The Bertz CT molecular complexity index is 986. The minimum atomic E-state index is -0.363. The van der Waals surface area contributed by atoms with Gasteiger partial charge in [0.25, 0.3) is 0 Å². The second-order valence-electron chi connectivity index (χ2n) is 6.48. The fourth-order valence-electron chi connectivity index (χ4n) is 3.23. The average molecular weight is 372 g/mol. The molecule has 0 atom stereocenters. The summed E-state index contributed by atoms with van der Waals surface area (Å²) in [6.45, 7) is 6.81. The standard InChI is InChI=1S/C20H19ClFN3O/c1-12-13(2)24-20-17(16-4-3-14(21)9-18(16)22)10-15(11-19(20)23-12)25-5-7-26-8-6-25/h3-4,9-11H,5-8H2,1-2H3. The van der Waals surface area contributed by atoms with Crippen LogP contribution in [0.3, 0.4) is 0 Å². The number of aromatic nitrogens is 2. The Hall–Kier alpha value is -2.24. The smallest absolute Gasteiger partial charge is 0.132 e. The molecule has 2 heterocycles. The zero-order valence-corrected chi connectivity index (χ0v) is 15.5. The summed E-state index contributed by atoms with van der Waals surface area (Å²) in [5, 5.41) is 0.373. The van der Waals surface area contributed by atoms with Gasteiger partial charge in [0, 0.05) is 34.9 Å². The second-order valence-corrected chi connectivity index (χ2v) is 6.92. The van der Waals surface area contributed by atoms with Crippen LogP contribution >= 0.6 is 11.6 Å². The van der Waals surface area contributed by atoms with Crippen molar-refractivity contribution < 1.29 is 9.13 Å². The third-order valence-electron chi connectivity index (χ3n) is 4.76. The number of benzene rings is 2. The van der Waals surface area contributed by atoms with Gasteiger partial charge in [-0.25, -0.2) is 14.4 Å². The highest BCUT2D eigenvalue weighted by molar-refractivity contribution is 6.30. The molecular formula is C20H19ClFN3O. The van der Waals surface area contributed by atoms with Gasteiger partial charge in [0.2, 0.25) is 0 Å². The summed E-state index contributed by atoms with van der Waals surface area (Å²) in [4.78, 5) is 11.6. The van der Waals surface area contributed by atoms with E-state index in [2.05, 4.69) is 4.90 Å². The summed E-state index contributed by atoms with van der Waals surface area (Å²) in [5.74, 6) is -0.363. The molecule has 1 aromatic heterocycles. The number of anilines is 1. The molecule has 0 radical (unpaired) electrons. The molecule has 4 nitrogen and oxygen atoms in total. The van der Waals surface area contributed by atoms with Crippen LogP contribution in [0.15, 0.2) is 30.3 Å². The quantitative estimate of drug-likeness (QED) is 0.662. The van der Waals surface area contributed by atoms with Crippen LogP contribution in [0.25, 0.3) is 22.2 Å². The summed E-state index contributed by atoms with van der Waals surface area (Å²) < 4.78 is 20.1. The normalized spacial score (nSPS) is 14.8. The first-order valence-corrected chi connectivity index (χ1v) is 8.98. The van der Waals surface area contributed by atoms with Gasteiger partial charge in [-0.3, -0.25) is 0 Å². The fourth-order valence-corrected chi connectivity index (χ4v) is 3.39. The Kier molecular flexibility index (Phi) is 4.51. The monoisotopic (exact) mass is 371 g/mol. The van der Waals surface area contributed by atoms with Gasteiger partial charge in [-0.1, -0.05) is 11.6 Å². The van der Waals surface area contributed by atoms with Crippen LogP contribution in [0.5, 0.6) is 0 Å². The molecule has 0 unspecified atom stereocenters. The molecule has 1 saturated heterocycles. The van der Waals surface area contributed by atoms with Crippen molar-refractivity contribution in [2.45, 2.75) is 13.8 Å². The van der Waals surface area contributed by atoms with E-state index in [1.807, 2.05) is 26.0 Å². The van der Waals surface area contributed by atoms with Gasteiger partial charge in [-0.05, 0) is 44.2 Å². The van der Waals surface area contributed by atoms with E-state index in [0.29, 0.717) is 29.3 Å². The highest BCUT2D eigenvalue weighted by Gasteiger charge is 2.18. The van der Waals surface area contributed by atoms with Gasteiger partial charge in [0.15, 0.2) is 0 Å². The highest BCUT2D eigenvalue weighted by Crippen LogP contribution is 2.34. The lowest BCUT2D eigenvalue weighted by Crippen LogP contribution is -2.36. The third kappa shape index (κ3) is 3.13. The van der Waals surface area contributed by atoms with Crippen LogP contribution in [0.4, 0.5) is 10.1 Å². The van der Waals surface area contributed by atoms with Crippen LogP contribution in [0, 0.1) is 19.7 Å². The molecule has 0 spiro atoms. The summed E-state index contributed by atoms with van der Waals surface area (Å²) in [6.07, 6.45) is 0. The minimum absolute atomic E-state index is 0.363. The first kappa shape index (κ1) is 17.2. The van der Waals surface area contributed by atoms with E-state index in [4.69, 9.17) is 26.3 Å². The van der Waals surface area contributed by atoms with E-state index >= 15 is 0 Å². The van der Waals surface area contributed by atoms with Crippen molar-refractivity contribution in [2.75, 3.05) is 31.2 Å². The molecule has 1 aliphatic heterocycles. The predicted molar refractivity (Wildman–Crippen MR) is 102 cm³/mol. The van der Waals surface area contributed by atoms with Crippen molar-refractivity contribution in [1.82, 2.24) is 9.97 Å². The van der Waals surface area contributed by atoms with Crippen molar-refractivity contribution in [1.29, 1.82) is 0 Å². The van der Waals surface area contributed by atoms with Crippen LogP contribution < -0.4 is 4.90 Å². The van der Waals surface area contributed by atoms with Gasteiger partial charge in [0.05, 0.1) is 35.6 Å². The van der Waals surface area contributed by atoms with Crippen molar-refractivity contribution >= 4 is 28.3 Å². The Morgan fingerprint density at radius 2 is 1.73 bits per heavy atom. The van der Waals surface area contributed by atoms with Crippen molar-refractivity contribution in [3.8, 4) is 11.1 Å². The van der Waals surface area contributed by atoms with Crippen molar-refractivity contribution in [3.63, 3.8) is 0 Å². The summed E-state index contributed by atoms with van der Waals surface area (Å²) in [7, 11) is 0. The first-order chi connectivity index (χ1) is 12.5. The minimum Gasteiger partial charge on any atom is -0.378 e. The molecule has 0 N–H and O–H groups in total. The van der Waals surface area contributed by atoms with Crippen molar-refractivity contribution in [2.24, 2.45) is 0 Å². The maximum Gasteiger partial charge on any atom is 0.132 e. The lowest BCUT2D eigenvalue weighted by molar-refractivity contribution is 0.122. The SMILES string of the molecule is Cc1nc2cc(N3CCOCC3)cc(-c3ccc(Cl)cc3F)c2nc1C. The fraction of sp³-hybridized carbons (Fsp3) is 0.300. The summed E-state index contributed by atoms with van der Waals surface area (Å²) in [6, 6.07) is 8.74. The van der Waals surface area contributed by atoms with Gasteiger partial charge >= 0.3 is 0 Å². The predicted octanol–water partition coefficient (Wildman–Crippen LogP) is 4.54. The van der Waals surface area contributed by atoms with E-state index in [9.17, 15) is 4.39 Å². The Balaban J connectivity index is 1.97. The number of aryl methyl sites for hydroxylation is 2. The molecule has 2 aromatic carbocycles. The van der Waals surface area contributed by atoms with Crippen LogP contribution in [0.1, 0.15) is 11.4 Å². The molecule has 3 aromatic rings. The topological polar surface area (TPSA) is 38.2 Å². The zero-order chi connectivity index (χ0) is 18.3. The molecule has 6 heteroatoms. The lowest BCUT2D eigenvalue weighted by atomic mass is 10.0. The number of hydrogen-bond donors (Lipinski definition) is 0. The third-order valence-corrected chi connectivity index (χ3v) is 5.00. The summed E-state index contributed by atoms with van der Waals surface area (Å²) >= 11 is 5.93. The first-order valence-electron chi connectivity index (χ1n) is 8.60. The lowest BCUT2D eigenvalue weighted by Gasteiger charge is -2.29. The molecule has 0 saturated carbocycles. The average Bonchev–Trinajstić information content (AvgIpc) is 2.63. The Morgan fingerprint density at radius 1 is 1.00 bits per heavy atom.